The summed E-state index contributed by atoms with van der Waals surface area (Å²) in [6.45, 7) is 6.49. The Hall–Kier alpha value is -4.03. The molecule has 0 spiro atoms. The summed E-state index contributed by atoms with van der Waals surface area (Å²) in [5.74, 6) is -2.05. The van der Waals surface area contributed by atoms with Crippen LogP contribution in [-0.4, -0.2) is 62.0 Å². The fraction of sp³-hybridized carbons (Fsp3) is 0.433. The third kappa shape index (κ3) is 7.05. The minimum Gasteiger partial charge on any atom is -0.494 e. The number of halogens is 2. The zero-order valence-electron chi connectivity index (χ0n) is 24.1. The Labute approximate surface area is 241 Å². The van der Waals surface area contributed by atoms with Crippen LogP contribution in [0.2, 0.25) is 0 Å². The number of rotatable bonds is 12. The van der Waals surface area contributed by atoms with Gasteiger partial charge in [0, 0.05) is 36.4 Å². The summed E-state index contributed by atoms with van der Waals surface area (Å²) in [7, 11) is 1.53. The highest BCUT2D eigenvalue weighted by atomic mass is 19.1. The lowest BCUT2D eigenvalue weighted by atomic mass is 9.84. The maximum atomic E-state index is 15.3. The zero-order chi connectivity index (χ0) is 30.4. The second-order valence-electron chi connectivity index (χ2n) is 10.6. The van der Waals surface area contributed by atoms with Gasteiger partial charge in [0.2, 0.25) is 5.91 Å². The van der Waals surface area contributed by atoms with Gasteiger partial charge >= 0.3 is 0 Å². The van der Waals surface area contributed by atoms with E-state index in [4.69, 9.17) is 18.7 Å². The molecule has 0 unspecified atom stereocenters. The van der Waals surface area contributed by atoms with Crippen molar-refractivity contribution in [2.75, 3.05) is 45.4 Å². The van der Waals surface area contributed by atoms with Crippen LogP contribution >= 0.6 is 0 Å². The highest BCUT2D eigenvalue weighted by Gasteiger charge is 2.37. The van der Waals surface area contributed by atoms with Crippen LogP contribution in [0, 0.1) is 11.6 Å². The monoisotopic (exact) mass is 587 g/mol. The zero-order valence-corrected chi connectivity index (χ0v) is 24.1. The number of methoxy groups -OCH3 is 1. The van der Waals surface area contributed by atoms with Crippen LogP contribution in [0.15, 0.2) is 45.7 Å². The van der Waals surface area contributed by atoms with E-state index in [-0.39, 0.29) is 43.2 Å². The van der Waals surface area contributed by atoms with Gasteiger partial charge in [0.25, 0.3) is 11.5 Å². The number of anilines is 1. The van der Waals surface area contributed by atoms with Crippen LogP contribution in [0.25, 0.3) is 0 Å². The number of nitrogens with zero attached hydrogens (tertiary/aromatic N) is 1. The molecule has 3 aromatic rings. The van der Waals surface area contributed by atoms with Gasteiger partial charge in [0.1, 0.15) is 29.2 Å². The number of ether oxygens (including phenoxy) is 3. The minimum absolute atomic E-state index is 0.0524. The summed E-state index contributed by atoms with van der Waals surface area (Å²) in [6.07, 6.45) is 0.191. The van der Waals surface area contributed by atoms with E-state index < -0.39 is 40.5 Å². The molecule has 1 aliphatic rings. The minimum atomic E-state index is -1.11. The van der Waals surface area contributed by atoms with E-state index in [1.807, 2.05) is 13.0 Å². The average molecular weight is 588 g/mol. The number of H-pyrrole nitrogens is 1. The average Bonchev–Trinajstić information content (AvgIpc) is 3.34. The Kier molecular flexibility index (Phi) is 9.79. The molecule has 0 fully saturated rings. The molecule has 0 bridgehead atoms. The van der Waals surface area contributed by atoms with E-state index in [9.17, 15) is 14.4 Å². The van der Waals surface area contributed by atoms with Gasteiger partial charge in [-0.15, -0.1) is 0 Å². The van der Waals surface area contributed by atoms with Crippen molar-refractivity contribution in [1.82, 2.24) is 10.1 Å². The Morgan fingerprint density at radius 3 is 2.52 bits per heavy atom. The van der Waals surface area contributed by atoms with Crippen LogP contribution in [-0.2, 0) is 37.3 Å². The summed E-state index contributed by atoms with van der Waals surface area (Å²) in [5.41, 5.74) is -0.399. The molecule has 2 amide bonds. The van der Waals surface area contributed by atoms with Crippen LogP contribution in [0.3, 0.4) is 0 Å². The fourth-order valence-electron chi connectivity index (χ4n) is 5.11. The standard InChI is InChI=1S/C30H35F2N3O7/c1-5-41-20-6-7-22-18(12-20)8-9-35(26(37)16-21-15-25(36)34-42-21)28(22)29(38)33-19-13-23(31)27(24(32)14-19)30(2,3)17-40-11-10-39-4/h6-7,12-15,28H,5,8-11,16-17H2,1-4H3,(H,33,38)(H,34,36)/t28-/m1/s1. The number of benzene rings is 2. The molecule has 1 aliphatic heterocycles. The molecule has 0 saturated carbocycles. The number of carbonyl (C=O) groups is 2. The Morgan fingerprint density at radius 2 is 1.88 bits per heavy atom. The van der Waals surface area contributed by atoms with Gasteiger partial charge in [-0.25, -0.2) is 8.78 Å². The molecular formula is C30H35F2N3O7. The van der Waals surface area contributed by atoms with Gasteiger partial charge in [-0.2, -0.15) is 5.16 Å². The van der Waals surface area contributed by atoms with E-state index in [0.29, 0.717) is 30.9 Å². The van der Waals surface area contributed by atoms with Gasteiger partial charge in [-0.3, -0.25) is 14.4 Å². The fourth-order valence-corrected chi connectivity index (χ4v) is 5.11. The summed E-state index contributed by atoms with van der Waals surface area (Å²) in [4.78, 5) is 39.9. The molecule has 4 rings (SSSR count). The van der Waals surface area contributed by atoms with E-state index >= 15 is 8.78 Å². The van der Waals surface area contributed by atoms with Crippen molar-refractivity contribution in [2.24, 2.45) is 0 Å². The third-order valence-corrected chi connectivity index (χ3v) is 7.00. The molecule has 2 heterocycles. The van der Waals surface area contributed by atoms with Crippen LogP contribution < -0.4 is 15.6 Å². The smallest absolute Gasteiger partial charge is 0.280 e. The van der Waals surface area contributed by atoms with Crippen LogP contribution in [0.4, 0.5) is 14.5 Å². The number of nitrogens with one attached hydrogen (secondary N) is 2. The molecule has 0 radical (unpaired) electrons. The van der Waals surface area contributed by atoms with Crippen molar-refractivity contribution in [2.45, 2.75) is 45.1 Å². The molecule has 2 N–H and O–H groups in total. The number of aromatic nitrogens is 1. The molecule has 0 aliphatic carbocycles. The highest BCUT2D eigenvalue weighted by molar-refractivity contribution is 5.98. The molecule has 226 valence electrons. The normalized spacial score (nSPS) is 14.9. The Balaban J connectivity index is 1.61. The quantitative estimate of drug-likeness (QED) is 0.308. The lowest BCUT2D eigenvalue weighted by Crippen LogP contribution is -2.46. The molecule has 42 heavy (non-hydrogen) atoms. The van der Waals surface area contributed by atoms with Crippen LogP contribution in [0.5, 0.6) is 5.75 Å². The first kappa shape index (κ1) is 30.9. The second-order valence-corrected chi connectivity index (χ2v) is 10.6. The number of aromatic amines is 1. The summed E-state index contributed by atoms with van der Waals surface area (Å²) in [6, 6.07) is 7.38. The Bertz CT molecular complexity index is 1460. The number of hydrogen-bond acceptors (Lipinski definition) is 7. The summed E-state index contributed by atoms with van der Waals surface area (Å²) >= 11 is 0. The van der Waals surface area contributed by atoms with Crippen molar-refractivity contribution in [3.63, 3.8) is 0 Å². The lowest BCUT2D eigenvalue weighted by molar-refractivity contribution is -0.139. The van der Waals surface area contributed by atoms with Gasteiger partial charge in [0.05, 0.1) is 32.8 Å². The molecule has 1 aromatic heterocycles. The van der Waals surface area contributed by atoms with Crippen molar-refractivity contribution >= 4 is 17.5 Å². The third-order valence-electron chi connectivity index (χ3n) is 7.00. The first-order valence-corrected chi connectivity index (χ1v) is 13.6. The lowest BCUT2D eigenvalue weighted by Gasteiger charge is -2.36. The summed E-state index contributed by atoms with van der Waals surface area (Å²) in [5, 5.41) is 4.73. The number of carbonyl (C=O) groups excluding carboxylic acids is 2. The second kappa shape index (κ2) is 13.3. The van der Waals surface area contributed by atoms with Crippen molar-refractivity contribution < 1.29 is 37.1 Å². The van der Waals surface area contributed by atoms with Crippen LogP contribution in [0.1, 0.15) is 49.3 Å². The first-order chi connectivity index (χ1) is 20.0. The van der Waals surface area contributed by atoms with Gasteiger partial charge in [-0.1, -0.05) is 19.9 Å². The predicted octanol–water partition coefficient (Wildman–Crippen LogP) is 3.89. The first-order valence-electron chi connectivity index (χ1n) is 13.6. The molecule has 12 heteroatoms. The van der Waals surface area contributed by atoms with Gasteiger partial charge in [0.15, 0.2) is 0 Å². The number of amides is 2. The van der Waals surface area contributed by atoms with Crippen molar-refractivity contribution in [3.8, 4) is 5.75 Å². The van der Waals surface area contributed by atoms with E-state index in [1.54, 1.807) is 26.0 Å². The largest absolute Gasteiger partial charge is 0.494 e. The molecular weight excluding hydrogens is 552 g/mol. The SMILES string of the molecule is CCOc1ccc2c(c1)CCN(C(=O)Cc1cc(=O)[nH]o1)[C@H]2C(=O)Nc1cc(F)c(C(C)(C)COCCOC)c(F)c1. The maximum Gasteiger partial charge on any atom is 0.280 e. The molecule has 0 saturated heterocycles. The molecule has 10 nitrogen and oxygen atoms in total. The van der Waals surface area contributed by atoms with Crippen molar-refractivity contribution in [3.05, 3.63) is 80.8 Å². The van der Waals surface area contributed by atoms with Crippen molar-refractivity contribution in [1.29, 1.82) is 0 Å². The highest BCUT2D eigenvalue weighted by Crippen LogP contribution is 2.35. The van der Waals surface area contributed by atoms with Gasteiger partial charge < -0.3 is 29.0 Å². The van der Waals surface area contributed by atoms with E-state index in [0.717, 1.165) is 23.8 Å². The maximum absolute atomic E-state index is 15.3. The summed E-state index contributed by atoms with van der Waals surface area (Å²) < 4.78 is 51.7. The van der Waals surface area contributed by atoms with E-state index in [2.05, 4.69) is 10.5 Å². The topological polar surface area (TPSA) is 123 Å². The van der Waals surface area contributed by atoms with Gasteiger partial charge in [-0.05, 0) is 48.7 Å². The van der Waals surface area contributed by atoms with E-state index in [1.165, 1.54) is 12.0 Å². The molecule has 2 aromatic carbocycles. The Morgan fingerprint density at radius 1 is 1.14 bits per heavy atom. The number of fused-ring (bicyclic) bond motifs is 1. The predicted molar refractivity (Wildman–Crippen MR) is 150 cm³/mol. The molecule has 1 atom stereocenters. The number of hydrogen-bond donors (Lipinski definition) is 2.